The second kappa shape index (κ2) is 6.58. The van der Waals surface area contributed by atoms with Crippen LogP contribution in [0.15, 0.2) is 24.3 Å². The molecule has 0 bridgehead atoms. The largest absolute Gasteiger partial charge is 0.399 e. The maximum Gasteiger partial charge on any atom is 0.252 e. The molecule has 6 heteroatoms. The first-order chi connectivity index (χ1) is 9.95. The van der Waals surface area contributed by atoms with E-state index in [0.29, 0.717) is 18.7 Å². The van der Waals surface area contributed by atoms with E-state index in [1.165, 1.54) is 4.90 Å². The fourth-order valence-corrected chi connectivity index (χ4v) is 2.43. The van der Waals surface area contributed by atoms with Crippen molar-refractivity contribution in [3.05, 3.63) is 29.8 Å². The maximum absolute atomic E-state index is 12.5. The number of amides is 2. The van der Waals surface area contributed by atoms with Crippen molar-refractivity contribution in [2.45, 2.75) is 38.5 Å². The molecule has 1 heterocycles. The molecular weight excluding hydrogens is 270 g/mol. The second-order valence-corrected chi connectivity index (χ2v) is 5.41. The lowest BCUT2D eigenvalue weighted by atomic mass is 10.1. The number of hydrogen-bond acceptors (Lipinski definition) is 4. The van der Waals surface area contributed by atoms with Crippen LogP contribution in [-0.2, 0) is 20.9 Å². The summed E-state index contributed by atoms with van der Waals surface area (Å²) >= 11 is 0. The van der Waals surface area contributed by atoms with Gasteiger partial charge in [-0.25, -0.2) is 0 Å². The number of primary amides is 1. The Bertz CT molecular complexity index is 515. The smallest absolute Gasteiger partial charge is 0.252 e. The number of anilines is 1. The standard InChI is InChI=1S/C15H21N3O3/c1-10-2-7-13(21-10)15(20)18(9-14(17)19)8-11-3-5-12(16)6-4-11/h3-6,10,13H,2,7-9,16H2,1H3,(H2,17,19). The molecule has 0 saturated carbocycles. The summed E-state index contributed by atoms with van der Waals surface area (Å²) in [6.45, 7) is 2.14. The van der Waals surface area contributed by atoms with Gasteiger partial charge < -0.3 is 21.1 Å². The van der Waals surface area contributed by atoms with Gasteiger partial charge in [0.1, 0.15) is 6.10 Å². The van der Waals surface area contributed by atoms with E-state index in [4.69, 9.17) is 16.2 Å². The van der Waals surface area contributed by atoms with Gasteiger partial charge in [-0.2, -0.15) is 0 Å². The number of nitrogens with zero attached hydrogens (tertiary/aromatic N) is 1. The van der Waals surface area contributed by atoms with E-state index in [9.17, 15) is 9.59 Å². The molecule has 1 aliphatic heterocycles. The highest BCUT2D eigenvalue weighted by Gasteiger charge is 2.32. The monoisotopic (exact) mass is 291 g/mol. The number of nitrogens with two attached hydrogens (primary N) is 2. The Labute approximate surface area is 124 Å². The topological polar surface area (TPSA) is 98.7 Å². The molecule has 114 valence electrons. The molecule has 2 unspecified atom stereocenters. The van der Waals surface area contributed by atoms with Crippen LogP contribution in [0, 0.1) is 0 Å². The molecule has 2 amide bonds. The zero-order valence-electron chi connectivity index (χ0n) is 12.1. The number of hydrogen-bond donors (Lipinski definition) is 2. The van der Waals surface area contributed by atoms with Gasteiger partial charge in [0.25, 0.3) is 5.91 Å². The van der Waals surface area contributed by atoms with Crippen molar-refractivity contribution in [2.75, 3.05) is 12.3 Å². The summed E-state index contributed by atoms with van der Waals surface area (Å²) in [5, 5.41) is 0. The fourth-order valence-electron chi connectivity index (χ4n) is 2.43. The lowest BCUT2D eigenvalue weighted by Crippen LogP contribution is -2.43. The molecule has 0 radical (unpaired) electrons. The van der Waals surface area contributed by atoms with Gasteiger partial charge in [-0.1, -0.05) is 12.1 Å². The average Bonchev–Trinajstić information content (AvgIpc) is 2.86. The first-order valence-electron chi connectivity index (χ1n) is 7.02. The third-order valence-corrected chi connectivity index (χ3v) is 3.52. The van der Waals surface area contributed by atoms with Crippen LogP contribution in [0.4, 0.5) is 5.69 Å². The summed E-state index contributed by atoms with van der Waals surface area (Å²) in [7, 11) is 0. The highest BCUT2D eigenvalue weighted by molar-refractivity contribution is 5.86. The minimum Gasteiger partial charge on any atom is -0.399 e. The van der Waals surface area contributed by atoms with Crippen LogP contribution in [0.2, 0.25) is 0 Å². The minimum atomic E-state index is -0.537. The highest BCUT2D eigenvalue weighted by atomic mass is 16.5. The molecule has 4 N–H and O–H groups in total. The van der Waals surface area contributed by atoms with E-state index in [-0.39, 0.29) is 18.6 Å². The quantitative estimate of drug-likeness (QED) is 0.778. The van der Waals surface area contributed by atoms with E-state index in [1.54, 1.807) is 12.1 Å². The number of carbonyl (C=O) groups excluding carboxylic acids is 2. The molecule has 21 heavy (non-hydrogen) atoms. The number of rotatable bonds is 5. The summed E-state index contributed by atoms with van der Waals surface area (Å²) in [6, 6.07) is 7.18. The lowest BCUT2D eigenvalue weighted by molar-refractivity contribution is -0.145. The lowest BCUT2D eigenvalue weighted by Gasteiger charge is -2.24. The van der Waals surface area contributed by atoms with Crippen LogP contribution in [0.1, 0.15) is 25.3 Å². The molecule has 0 spiro atoms. The summed E-state index contributed by atoms with van der Waals surface area (Å²) in [6.07, 6.45) is 1.12. The molecule has 0 aromatic heterocycles. The van der Waals surface area contributed by atoms with Crippen LogP contribution < -0.4 is 11.5 Å². The van der Waals surface area contributed by atoms with Crippen LogP contribution in [0.25, 0.3) is 0 Å². The molecule has 1 aliphatic rings. The van der Waals surface area contributed by atoms with Crippen molar-refractivity contribution in [2.24, 2.45) is 5.73 Å². The van der Waals surface area contributed by atoms with Crippen molar-refractivity contribution in [1.29, 1.82) is 0 Å². The molecule has 0 aliphatic carbocycles. The predicted molar refractivity (Wildman–Crippen MR) is 79.0 cm³/mol. The number of benzene rings is 1. The normalized spacial score (nSPS) is 21.2. The van der Waals surface area contributed by atoms with Crippen LogP contribution >= 0.6 is 0 Å². The molecule has 2 atom stereocenters. The highest BCUT2D eigenvalue weighted by Crippen LogP contribution is 2.21. The molecule has 1 fully saturated rings. The third kappa shape index (κ3) is 4.19. The van der Waals surface area contributed by atoms with Crippen molar-refractivity contribution in [3.8, 4) is 0 Å². The van der Waals surface area contributed by atoms with Gasteiger partial charge in [0.05, 0.1) is 12.6 Å². The Morgan fingerprint density at radius 2 is 1.95 bits per heavy atom. The molecule has 1 saturated heterocycles. The summed E-state index contributed by atoms with van der Waals surface area (Å²) < 4.78 is 5.58. The van der Waals surface area contributed by atoms with Crippen LogP contribution in [0.5, 0.6) is 0 Å². The number of carbonyl (C=O) groups is 2. The number of ether oxygens (including phenoxy) is 1. The van der Waals surface area contributed by atoms with Crippen LogP contribution in [-0.4, -0.2) is 35.5 Å². The maximum atomic E-state index is 12.5. The fraction of sp³-hybridized carbons (Fsp3) is 0.467. The van der Waals surface area contributed by atoms with Gasteiger partial charge in [-0.05, 0) is 37.5 Å². The third-order valence-electron chi connectivity index (χ3n) is 3.52. The first kappa shape index (κ1) is 15.3. The summed E-state index contributed by atoms with van der Waals surface area (Å²) in [5.41, 5.74) is 12.4. The predicted octanol–water partition coefficient (Wildman–Crippen LogP) is 0.650. The first-order valence-corrected chi connectivity index (χ1v) is 7.02. The van der Waals surface area contributed by atoms with E-state index >= 15 is 0 Å². The molecule has 6 nitrogen and oxygen atoms in total. The molecule has 1 aromatic carbocycles. The minimum absolute atomic E-state index is 0.0749. The van der Waals surface area contributed by atoms with E-state index < -0.39 is 12.0 Å². The second-order valence-electron chi connectivity index (χ2n) is 5.41. The van der Waals surface area contributed by atoms with E-state index in [1.807, 2.05) is 19.1 Å². The van der Waals surface area contributed by atoms with Crippen molar-refractivity contribution < 1.29 is 14.3 Å². The van der Waals surface area contributed by atoms with Gasteiger partial charge in [0.2, 0.25) is 5.91 Å². The Balaban J connectivity index is 2.08. The van der Waals surface area contributed by atoms with Crippen molar-refractivity contribution >= 4 is 17.5 Å². The Morgan fingerprint density at radius 1 is 1.29 bits per heavy atom. The number of nitrogen functional groups attached to an aromatic ring is 1. The Hall–Kier alpha value is -2.08. The van der Waals surface area contributed by atoms with Gasteiger partial charge in [0, 0.05) is 12.2 Å². The van der Waals surface area contributed by atoms with Gasteiger partial charge >= 0.3 is 0 Å². The zero-order valence-corrected chi connectivity index (χ0v) is 12.1. The zero-order chi connectivity index (χ0) is 15.4. The van der Waals surface area contributed by atoms with Crippen LogP contribution in [0.3, 0.4) is 0 Å². The van der Waals surface area contributed by atoms with E-state index in [2.05, 4.69) is 0 Å². The SMILES string of the molecule is CC1CCC(C(=O)N(CC(N)=O)Cc2ccc(N)cc2)O1. The molecular formula is C15H21N3O3. The Morgan fingerprint density at radius 3 is 2.48 bits per heavy atom. The molecule has 1 aromatic rings. The average molecular weight is 291 g/mol. The summed E-state index contributed by atoms with van der Waals surface area (Å²) in [5.74, 6) is -0.722. The summed E-state index contributed by atoms with van der Waals surface area (Å²) in [4.78, 5) is 25.1. The van der Waals surface area contributed by atoms with E-state index in [0.717, 1.165) is 12.0 Å². The van der Waals surface area contributed by atoms with Gasteiger partial charge in [0.15, 0.2) is 0 Å². The van der Waals surface area contributed by atoms with Crippen molar-refractivity contribution in [1.82, 2.24) is 4.90 Å². The van der Waals surface area contributed by atoms with Crippen molar-refractivity contribution in [3.63, 3.8) is 0 Å². The molecule has 2 rings (SSSR count). The van der Waals surface area contributed by atoms with Gasteiger partial charge in [-0.3, -0.25) is 9.59 Å². The van der Waals surface area contributed by atoms with Gasteiger partial charge in [-0.15, -0.1) is 0 Å². The Kier molecular flexibility index (Phi) is 4.80.